The van der Waals surface area contributed by atoms with Gasteiger partial charge in [0.25, 0.3) is 0 Å². The molecule has 0 saturated heterocycles. The zero-order chi connectivity index (χ0) is 73.1. The van der Waals surface area contributed by atoms with Crippen molar-refractivity contribution in [3.8, 4) is 0 Å². The fraction of sp³-hybridized carbons (Fsp3) is 0.950. The molecule has 0 amide bonds. The standard InChI is InChI=1S/C80H156O17P2/c1-9-73(8)59-51-43-35-27-21-14-10-11-15-23-29-37-46-54-62-79(84)96-75(66-90-77(82)60-52-44-36-28-22-18-17-20-26-33-41-49-57-71(4)5)68-94-98(86,87)92-64-74(81)65-93-99(88,89)95-69-76(67-91-78(83)61-53-45-39-31-34-42-50-58-72(6)7)97-80(85)63-55-47-38-30-24-16-12-13-19-25-32-40-48-56-70(2)3/h70-76,81H,9-69H2,1-8H3,(H,86,87)(H,88,89)/t73?,74?,75-,76-/m1/s1. The van der Waals surface area contributed by atoms with E-state index in [-0.39, 0.29) is 25.7 Å². The summed E-state index contributed by atoms with van der Waals surface area (Å²) in [6, 6.07) is 0. The zero-order valence-electron chi connectivity index (χ0n) is 65.1. The highest BCUT2D eigenvalue weighted by Crippen LogP contribution is 2.45. The summed E-state index contributed by atoms with van der Waals surface area (Å²) < 4.78 is 68.7. The van der Waals surface area contributed by atoms with Crippen LogP contribution in [0.5, 0.6) is 0 Å². The van der Waals surface area contributed by atoms with E-state index in [0.717, 1.165) is 114 Å². The monoisotopic (exact) mass is 1450 g/mol. The topological polar surface area (TPSA) is 237 Å². The molecule has 588 valence electrons. The van der Waals surface area contributed by atoms with Crippen molar-refractivity contribution < 1.29 is 80.2 Å². The number of carbonyl (C=O) groups excluding carboxylic acids is 4. The first-order chi connectivity index (χ1) is 47.6. The van der Waals surface area contributed by atoms with E-state index in [4.69, 9.17) is 37.0 Å². The number of rotatable bonds is 77. The zero-order valence-corrected chi connectivity index (χ0v) is 66.9. The molecule has 0 aliphatic carbocycles. The van der Waals surface area contributed by atoms with Crippen LogP contribution in [0.2, 0.25) is 0 Å². The fourth-order valence-corrected chi connectivity index (χ4v) is 13.8. The first-order valence-electron chi connectivity index (χ1n) is 41.2. The van der Waals surface area contributed by atoms with E-state index < -0.39 is 97.5 Å². The van der Waals surface area contributed by atoms with Crippen molar-refractivity contribution in [2.24, 2.45) is 23.7 Å². The number of hydrogen-bond donors (Lipinski definition) is 3. The van der Waals surface area contributed by atoms with Crippen LogP contribution < -0.4 is 0 Å². The second kappa shape index (κ2) is 69.1. The van der Waals surface area contributed by atoms with Crippen LogP contribution in [0.3, 0.4) is 0 Å². The lowest BCUT2D eigenvalue weighted by Crippen LogP contribution is -2.30. The molecule has 0 rings (SSSR count). The summed E-state index contributed by atoms with van der Waals surface area (Å²) in [5, 5.41) is 10.6. The Kier molecular flexibility index (Phi) is 67.8. The molecule has 0 spiro atoms. The largest absolute Gasteiger partial charge is 0.472 e. The van der Waals surface area contributed by atoms with Gasteiger partial charge in [0.15, 0.2) is 12.2 Å². The minimum atomic E-state index is -4.96. The summed E-state index contributed by atoms with van der Waals surface area (Å²) in [5.41, 5.74) is 0. The highest BCUT2D eigenvalue weighted by Gasteiger charge is 2.30. The summed E-state index contributed by atoms with van der Waals surface area (Å²) in [6.07, 6.45) is 55.4. The van der Waals surface area contributed by atoms with Gasteiger partial charge in [0.05, 0.1) is 26.4 Å². The summed E-state index contributed by atoms with van der Waals surface area (Å²) >= 11 is 0. The Labute approximate surface area is 607 Å². The average molecular weight is 1450 g/mol. The molecule has 19 heteroatoms. The molecular weight excluding hydrogens is 1290 g/mol. The van der Waals surface area contributed by atoms with Crippen LogP contribution in [-0.4, -0.2) is 96.7 Å². The van der Waals surface area contributed by atoms with Gasteiger partial charge in [-0.2, -0.15) is 0 Å². The number of ether oxygens (including phenoxy) is 4. The normalized spacial score (nSPS) is 14.3. The molecule has 0 saturated carbocycles. The van der Waals surface area contributed by atoms with E-state index in [1.807, 2.05) is 0 Å². The molecule has 3 N–H and O–H groups in total. The van der Waals surface area contributed by atoms with Crippen LogP contribution in [0.25, 0.3) is 0 Å². The van der Waals surface area contributed by atoms with Crippen LogP contribution in [0.4, 0.5) is 0 Å². The van der Waals surface area contributed by atoms with Crippen molar-refractivity contribution in [3.63, 3.8) is 0 Å². The minimum Gasteiger partial charge on any atom is -0.462 e. The van der Waals surface area contributed by atoms with Gasteiger partial charge in [-0.1, -0.05) is 357 Å². The minimum absolute atomic E-state index is 0.106. The van der Waals surface area contributed by atoms with Crippen molar-refractivity contribution in [1.82, 2.24) is 0 Å². The molecule has 0 aliphatic rings. The van der Waals surface area contributed by atoms with Gasteiger partial charge in [-0.15, -0.1) is 0 Å². The highest BCUT2D eigenvalue weighted by atomic mass is 31.2. The van der Waals surface area contributed by atoms with Gasteiger partial charge < -0.3 is 33.8 Å². The number of phosphoric ester groups is 2. The van der Waals surface area contributed by atoms with Crippen molar-refractivity contribution >= 4 is 39.5 Å². The molecule has 0 aromatic rings. The molecule has 0 heterocycles. The van der Waals surface area contributed by atoms with E-state index in [1.54, 1.807) is 0 Å². The predicted octanol–water partition coefficient (Wildman–Crippen LogP) is 23.6. The van der Waals surface area contributed by atoms with Crippen LogP contribution in [-0.2, 0) is 65.4 Å². The Morgan fingerprint density at radius 3 is 0.717 bits per heavy atom. The van der Waals surface area contributed by atoms with Crippen LogP contribution in [0.1, 0.15) is 409 Å². The number of unbranched alkanes of at least 4 members (excludes halogenated alkanes) is 42. The number of aliphatic hydroxyl groups excluding tert-OH is 1. The van der Waals surface area contributed by atoms with E-state index in [2.05, 4.69) is 55.4 Å². The van der Waals surface area contributed by atoms with Crippen LogP contribution in [0, 0.1) is 23.7 Å². The maximum Gasteiger partial charge on any atom is 0.472 e. The Morgan fingerprint density at radius 1 is 0.283 bits per heavy atom. The predicted molar refractivity (Wildman–Crippen MR) is 404 cm³/mol. The fourth-order valence-electron chi connectivity index (χ4n) is 12.2. The van der Waals surface area contributed by atoms with Crippen LogP contribution >= 0.6 is 15.6 Å². The van der Waals surface area contributed by atoms with Gasteiger partial charge in [0, 0.05) is 25.7 Å². The Hall–Kier alpha value is -1.94. The second-order valence-corrected chi connectivity index (χ2v) is 33.4. The average Bonchev–Trinajstić information content (AvgIpc) is 1.05. The van der Waals surface area contributed by atoms with E-state index in [1.165, 1.54) is 205 Å². The summed E-state index contributed by atoms with van der Waals surface area (Å²) in [5.74, 6) is 1.00. The first-order valence-corrected chi connectivity index (χ1v) is 44.2. The van der Waals surface area contributed by atoms with Gasteiger partial charge in [-0.05, 0) is 49.4 Å². The highest BCUT2D eigenvalue weighted by molar-refractivity contribution is 7.47. The Bertz CT molecular complexity index is 1940. The lowest BCUT2D eigenvalue weighted by Gasteiger charge is -2.21. The first kappa shape index (κ1) is 97.1. The summed E-state index contributed by atoms with van der Waals surface area (Å²) in [7, 11) is -9.92. The number of phosphoric acid groups is 2. The molecule has 0 aromatic carbocycles. The number of aliphatic hydroxyl groups is 1. The van der Waals surface area contributed by atoms with E-state index in [9.17, 15) is 43.2 Å². The maximum atomic E-state index is 13.1. The molecule has 4 unspecified atom stereocenters. The second-order valence-electron chi connectivity index (χ2n) is 30.5. The lowest BCUT2D eigenvalue weighted by atomic mass is 9.99. The third-order valence-electron chi connectivity index (χ3n) is 18.9. The lowest BCUT2D eigenvalue weighted by molar-refractivity contribution is -0.161. The van der Waals surface area contributed by atoms with Crippen molar-refractivity contribution in [1.29, 1.82) is 0 Å². The molecule has 0 bridgehead atoms. The number of esters is 4. The quantitative estimate of drug-likeness (QED) is 0.0222. The van der Waals surface area contributed by atoms with Gasteiger partial charge in [0.2, 0.25) is 0 Å². The molecule has 0 aromatic heterocycles. The van der Waals surface area contributed by atoms with Gasteiger partial charge >= 0.3 is 39.5 Å². The van der Waals surface area contributed by atoms with Crippen LogP contribution in [0.15, 0.2) is 0 Å². The smallest absolute Gasteiger partial charge is 0.462 e. The van der Waals surface area contributed by atoms with Gasteiger partial charge in [0.1, 0.15) is 19.3 Å². The molecular formula is C80H156O17P2. The SMILES string of the molecule is CCC(C)CCCCCCCCCCCCCCCCC(=O)O[C@H](COC(=O)CCCCCCCCCCCCCCC(C)C)COP(=O)(O)OCC(O)COP(=O)(O)OC[C@@H](COC(=O)CCCCCCCCCC(C)C)OC(=O)CCCCCCCCCCCCCCCC(C)C. The van der Waals surface area contributed by atoms with E-state index in [0.29, 0.717) is 31.6 Å². The Morgan fingerprint density at radius 2 is 0.485 bits per heavy atom. The third-order valence-corrected chi connectivity index (χ3v) is 20.8. The third kappa shape index (κ3) is 72.8. The molecule has 0 aliphatic heterocycles. The molecule has 6 atom stereocenters. The van der Waals surface area contributed by atoms with E-state index >= 15 is 0 Å². The molecule has 17 nitrogen and oxygen atoms in total. The van der Waals surface area contributed by atoms with Crippen molar-refractivity contribution in [2.45, 2.75) is 427 Å². The summed E-state index contributed by atoms with van der Waals surface area (Å²) in [4.78, 5) is 73.0. The van der Waals surface area contributed by atoms with Gasteiger partial charge in [-0.3, -0.25) is 37.3 Å². The maximum absolute atomic E-state index is 13.1. The van der Waals surface area contributed by atoms with Crippen molar-refractivity contribution in [3.05, 3.63) is 0 Å². The molecule has 0 radical (unpaired) electrons. The number of hydrogen-bond acceptors (Lipinski definition) is 15. The Balaban J connectivity index is 5.25. The number of carbonyl (C=O) groups is 4. The van der Waals surface area contributed by atoms with Crippen molar-refractivity contribution in [2.75, 3.05) is 39.6 Å². The molecule has 99 heavy (non-hydrogen) atoms. The van der Waals surface area contributed by atoms with Gasteiger partial charge in [-0.25, -0.2) is 9.13 Å². The summed E-state index contributed by atoms with van der Waals surface area (Å²) in [6.45, 7) is 14.3. The molecule has 0 fully saturated rings.